The molecule has 1 aliphatic heterocycles. The minimum atomic E-state index is -2.94. The molecule has 2 aromatic carbocycles. The van der Waals surface area contributed by atoms with Gasteiger partial charge in [-0.15, -0.1) is 0 Å². The van der Waals surface area contributed by atoms with E-state index in [1.165, 1.54) is 0 Å². The van der Waals surface area contributed by atoms with E-state index in [9.17, 15) is 10.2 Å². The molecule has 1 unspecified atom stereocenters. The lowest BCUT2D eigenvalue weighted by molar-refractivity contribution is -0.0551. The van der Waals surface area contributed by atoms with Gasteiger partial charge in [0.05, 0.1) is 33.0 Å². The summed E-state index contributed by atoms with van der Waals surface area (Å²) in [6.07, 6.45) is -0.534. The lowest BCUT2D eigenvalue weighted by atomic mass is 10.0. The third-order valence-electron chi connectivity index (χ3n) is 9.78. The highest BCUT2D eigenvalue weighted by Crippen LogP contribution is 2.46. The van der Waals surface area contributed by atoms with Crippen LogP contribution in [0.5, 0.6) is 11.5 Å². The Labute approximate surface area is 296 Å². The number of hydrogen-bond donors (Lipinski definition) is 2. The SMILES string of the molecule is COc1ccc(CN(Cc2ccc(OC)cc2)c2ccc(C(O)C[C@@H]3O[Si](C(C)C)(C(C)C)O[Si](C(C)C)(C(C)C)OC[C@H]3O)cn2)cc1. The summed E-state index contributed by atoms with van der Waals surface area (Å²) in [4.78, 5) is 7.02. The van der Waals surface area contributed by atoms with Gasteiger partial charge in [-0.25, -0.2) is 4.98 Å². The third kappa shape index (κ3) is 9.13. The zero-order valence-corrected chi connectivity index (χ0v) is 33.1. The smallest absolute Gasteiger partial charge is 0.335 e. The van der Waals surface area contributed by atoms with Crippen molar-refractivity contribution in [2.75, 3.05) is 25.7 Å². The van der Waals surface area contributed by atoms with E-state index in [-0.39, 0.29) is 35.2 Å². The molecule has 0 radical (unpaired) electrons. The van der Waals surface area contributed by atoms with Gasteiger partial charge in [0.1, 0.15) is 23.4 Å². The largest absolute Gasteiger partial charge is 0.497 e. The minimum Gasteiger partial charge on any atom is -0.497 e. The Morgan fingerprint density at radius 1 is 0.755 bits per heavy atom. The molecule has 3 aromatic rings. The molecule has 3 atom stereocenters. The number of methoxy groups -OCH3 is 2. The third-order valence-corrected chi connectivity index (χ3v) is 20.1. The van der Waals surface area contributed by atoms with E-state index in [1.54, 1.807) is 20.4 Å². The van der Waals surface area contributed by atoms with Crippen LogP contribution in [0.1, 0.15) is 84.6 Å². The lowest BCUT2D eigenvalue weighted by Gasteiger charge is -2.51. The van der Waals surface area contributed by atoms with Gasteiger partial charge in [0, 0.05) is 25.7 Å². The lowest BCUT2D eigenvalue weighted by Crippen LogP contribution is -2.65. The number of benzene rings is 2. The van der Waals surface area contributed by atoms with Crippen LogP contribution >= 0.6 is 0 Å². The van der Waals surface area contributed by atoms with E-state index >= 15 is 0 Å². The van der Waals surface area contributed by atoms with Gasteiger partial charge in [-0.2, -0.15) is 0 Å². The van der Waals surface area contributed by atoms with Crippen molar-refractivity contribution in [3.63, 3.8) is 0 Å². The molecule has 4 rings (SSSR count). The second-order valence-corrected chi connectivity index (χ2v) is 23.3. The molecule has 1 fully saturated rings. The highest BCUT2D eigenvalue weighted by atomic mass is 28.5. The molecule has 0 amide bonds. The average molecular weight is 711 g/mol. The molecular formula is C38H58N2O7Si2. The van der Waals surface area contributed by atoms with Crippen LogP contribution < -0.4 is 14.4 Å². The number of rotatable bonds is 14. The Kier molecular flexibility index (Phi) is 13.5. The van der Waals surface area contributed by atoms with Crippen LogP contribution in [0.4, 0.5) is 5.82 Å². The number of anilines is 1. The fraction of sp³-hybridized carbons (Fsp3) is 0.553. The molecule has 0 saturated carbocycles. The fourth-order valence-electron chi connectivity index (χ4n) is 6.81. The molecule has 2 N–H and O–H groups in total. The number of hydrogen-bond acceptors (Lipinski definition) is 9. The van der Waals surface area contributed by atoms with E-state index < -0.39 is 35.4 Å². The number of pyridine rings is 1. The highest BCUT2D eigenvalue weighted by molar-refractivity contribution is 6.83. The summed E-state index contributed by atoms with van der Waals surface area (Å²) in [5, 5.41) is 23.1. The standard InChI is InChI=1S/C38H58N2O7Si2/c1-26(2)48(27(3)4)45-25-36(42)37(46-49(47-48,28(5)6)29(7)8)21-35(41)32-15-20-38(39-22-32)40(23-30-11-16-33(43-9)17-12-30)24-31-13-18-34(44-10)19-14-31/h11-20,22,26-29,35-37,41-42H,21,23-25H2,1-10H3/t35?,36-,37+/m1/s1. The summed E-state index contributed by atoms with van der Waals surface area (Å²) in [6, 6.07) is 19.9. The first-order chi connectivity index (χ1) is 23.2. The van der Waals surface area contributed by atoms with Crippen LogP contribution in [0.25, 0.3) is 0 Å². The van der Waals surface area contributed by atoms with Crippen molar-refractivity contribution in [2.24, 2.45) is 0 Å². The van der Waals surface area contributed by atoms with Crippen LogP contribution in [0.15, 0.2) is 66.9 Å². The molecule has 0 spiro atoms. The van der Waals surface area contributed by atoms with E-state index in [2.05, 4.69) is 84.6 Å². The van der Waals surface area contributed by atoms with E-state index in [0.29, 0.717) is 18.7 Å². The molecular weight excluding hydrogens is 653 g/mol. The van der Waals surface area contributed by atoms with E-state index in [0.717, 1.165) is 28.4 Å². The fourth-order valence-corrected chi connectivity index (χ4v) is 18.0. The topological polar surface area (TPSA) is 103 Å². The molecule has 2 heterocycles. The predicted molar refractivity (Wildman–Crippen MR) is 200 cm³/mol. The second kappa shape index (κ2) is 17.0. The Morgan fingerprint density at radius 3 is 1.65 bits per heavy atom. The van der Waals surface area contributed by atoms with Crippen molar-refractivity contribution in [1.82, 2.24) is 4.98 Å². The molecule has 11 heteroatoms. The van der Waals surface area contributed by atoms with Crippen molar-refractivity contribution in [1.29, 1.82) is 0 Å². The number of aliphatic hydroxyl groups is 2. The van der Waals surface area contributed by atoms with Crippen molar-refractivity contribution in [3.05, 3.63) is 83.6 Å². The van der Waals surface area contributed by atoms with Gasteiger partial charge in [0.15, 0.2) is 0 Å². The van der Waals surface area contributed by atoms with Crippen LogP contribution in [0.2, 0.25) is 22.2 Å². The van der Waals surface area contributed by atoms with Crippen molar-refractivity contribution in [3.8, 4) is 11.5 Å². The molecule has 49 heavy (non-hydrogen) atoms. The van der Waals surface area contributed by atoms with Crippen LogP contribution in [0, 0.1) is 0 Å². The Bertz CT molecular complexity index is 1370. The first-order valence-electron chi connectivity index (χ1n) is 17.6. The summed E-state index contributed by atoms with van der Waals surface area (Å²) in [6.45, 7) is 18.6. The zero-order valence-electron chi connectivity index (χ0n) is 31.1. The highest BCUT2D eigenvalue weighted by Gasteiger charge is 2.58. The van der Waals surface area contributed by atoms with E-state index in [4.69, 9.17) is 27.4 Å². The van der Waals surface area contributed by atoms with Crippen molar-refractivity contribution in [2.45, 2.75) is 115 Å². The Morgan fingerprint density at radius 2 is 1.24 bits per heavy atom. The summed E-state index contributed by atoms with van der Waals surface area (Å²) in [5.41, 5.74) is 3.51. The summed E-state index contributed by atoms with van der Waals surface area (Å²) in [5.74, 6) is 2.39. The van der Waals surface area contributed by atoms with Crippen LogP contribution in [-0.2, 0) is 26.1 Å². The predicted octanol–water partition coefficient (Wildman–Crippen LogP) is 8.05. The molecule has 270 valence electrons. The summed E-state index contributed by atoms with van der Waals surface area (Å²) in [7, 11) is -2.37. The van der Waals surface area contributed by atoms with Crippen molar-refractivity contribution < 1.29 is 32.7 Å². The van der Waals surface area contributed by atoms with Gasteiger partial charge >= 0.3 is 17.1 Å². The van der Waals surface area contributed by atoms with Gasteiger partial charge in [0.2, 0.25) is 0 Å². The number of aromatic nitrogens is 1. The number of ether oxygens (including phenoxy) is 2. The van der Waals surface area contributed by atoms with Gasteiger partial charge in [-0.3, -0.25) is 0 Å². The maximum Gasteiger partial charge on any atom is 0.335 e. The van der Waals surface area contributed by atoms with Crippen LogP contribution in [0.3, 0.4) is 0 Å². The second-order valence-electron chi connectivity index (χ2n) is 14.5. The Balaban J connectivity index is 1.57. The zero-order chi connectivity index (χ0) is 35.9. The number of aliphatic hydroxyl groups excluding tert-OH is 2. The molecule has 0 bridgehead atoms. The molecule has 1 aliphatic rings. The normalized spacial score (nSPS) is 19.9. The Hall–Kier alpha value is -2.78. The number of nitrogens with zero attached hydrogens (tertiary/aromatic N) is 2. The first-order valence-corrected chi connectivity index (χ1v) is 21.5. The molecule has 1 saturated heterocycles. The van der Waals surface area contributed by atoms with Gasteiger partial charge in [-0.05, 0) is 69.2 Å². The molecule has 0 aliphatic carbocycles. The van der Waals surface area contributed by atoms with Gasteiger partial charge < -0.3 is 37.6 Å². The monoisotopic (exact) mass is 710 g/mol. The summed E-state index contributed by atoms with van der Waals surface area (Å²) >= 11 is 0. The van der Waals surface area contributed by atoms with Crippen LogP contribution in [-0.4, -0.2) is 65.4 Å². The molecule has 1 aromatic heterocycles. The average Bonchev–Trinajstić information content (AvgIpc) is 3.08. The van der Waals surface area contributed by atoms with Crippen molar-refractivity contribution >= 4 is 22.9 Å². The van der Waals surface area contributed by atoms with E-state index in [1.807, 2.05) is 36.4 Å². The maximum atomic E-state index is 11.6. The minimum absolute atomic E-state index is 0.115. The van der Waals surface area contributed by atoms with Gasteiger partial charge in [0.25, 0.3) is 0 Å². The quantitative estimate of drug-likeness (QED) is 0.161. The summed E-state index contributed by atoms with van der Waals surface area (Å²) < 4.78 is 31.6. The maximum absolute atomic E-state index is 11.6. The molecule has 9 nitrogen and oxygen atoms in total. The van der Waals surface area contributed by atoms with Gasteiger partial charge in [-0.1, -0.05) is 85.7 Å². The first kappa shape index (κ1) is 39.0.